The molecule has 1 aromatic rings. The summed E-state index contributed by atoms with van der Waals surface area (Å²) in [5, 5.41) is 1.88. The summed E-state index contributed by atoms with van der Waals surface area (Å²) in [6, 6.07) is 7.24. The van der Waals surface area contributed by atoms with Gasteiger partial charge in [0.05, 0.1) is 11.5 Å². The van der Waals surface area contributed by atoms with Crippen LogP contribution >= 0.6 is 0 Å². The maximum absolute atomic E-state index is 11.4. The van der Waals surface area contributed by atoms with Crippen molar-refractivity contribution in [3.05, 3.63) is 59.4 Å². The molecule has 0 spiro atoms. The van der Waals surface area contributed by atoms with Crippen LogP contribution in [-0.2, 0) is 32.5 Å². The molecule has 0 radical (unpaired) electrons. The average molecular weight is 314 g/mol. The van der Waals surface area contributed by atoms with Crippen molar-refractivity contribution in [2.24, 2.45) is 0 Å². The van der Waals surface area contributed by atoms with Gasteiger partial charge in [-0.2, -0.15) is 0 Å². The molecule has 0 atom stereocenters. The predicted molar refractivity (Wildman–Crippen MR) is 81.8 cm³/mol. The van der Waals surface area contributed by atoms with E-state index in [0.717, 1.165) is 21.9 Å². The zero-order chi connectivity index (χ0) is 15.2. The SMILES string of the molecule is C=CS(=O)(=O)CCc1ccccc1CCS(=O)(=O)C=C. The zero-order valence-electron chi connectivity index (χ0n) is 11.2. The lowest BCUT2D eigenvalue weighted by molar-refractivity contribution is 0.601. The quantitative estimate of drug-likeness (QED) is 0.735. The predicted octanol–water partition coefficient (Wildman–Crippen LogP) is 1.89. The third-order valence-corrected chi connectivity index (χ3v) is 5.50. The van der Waals surface area contributed by atoms with E-state index >= 15 is 0 Å². The van der Waals surface area contributed by atoms with Crippen LogP contribution in [-0.4, -0.2) is 28.3 Å². The number of sulfone groups is 2. The molecule has 0 N–H and O–H groups in total. The molecule has 0 aliphatic rings. The summed E-state index contributed by atoms with van der Waals surface area (Å²) in [7, 11) is -6.51. The molecule has 110 valence electrons. The Morgan fingerprint density at radius 1 is 0.800 bits per heavy atom. The maximum atomic E-state index is 11.4. The molecule has 0 amide bonds. The second-order valence-corrected chi connectivity index (χ2v) is 8.47. The van der Waals surface area contributed by atoms with Crippen LogP contribution in [0.4, 0.5) is 0 Å². The molecule has 0 aliphatic carbocycles. The van der Waals surface area contributed by atoms with Crippen LogP contribution in [0.25, 0.3) is 0 Å². The van der Waals surface area contributed by atoms with Gasteiger partial charge in [0.2, 0.25) is 0 Å². The van der Waals surface area contributed by atoms with Crippen molar-refractivity contribution >= 4 is 19.7 Å². The summed E-state index contributed by atoms with van der Waals surface area (Å²) < 4.78 is 45.7. The first-order chi connectivity index (χ1) is 9.29. The lowest BCUT2D eigenvalue weighted by Crippen LogP contribution is -2.09. The Morgan fingerprint density at radius 2 is 1.15 bits per heavy atom. The molecule has 0 saturated heterocycles. The van der Waals surface area contributed by atoms with Gasteiger partial charge in [-0.05, 0) is 24.0 Å². The van der Waals surface area contributed by atoms with E-state index in [1.807, 2.05) is 12.1 Å². The molecular formula is C14H18O4S2. The van der Waals surface area contributed by atoms with Crippen LogP contribution in [0.3, 0.4) is 0 Å². The Morgan fingerprint density at radius 3 is 1.45 bits per heavy atom. The van der Waals surface area contributed by atoms with Crippen LogP contribution < -0.4 is 0 Å². The normalized spacial score (nSPS) is 12.0. The van der Waals surface area contributed by atoms with Crippen molar-refractivity contribution in [3.63, 3.8) is 0 Å². The molecule has 0 aromatic heterocycles. The van der Waals surface area contributed by atoms with Gasteiger partial charge in [0.15, 0.2) is 19.7 Å². The molecule has 0 unspecified atom stereocenters. The highest BCUT2D eigenvalue weighted by molar-refractivity contribution is 7.94. The standard InChI is InChI=1S/C14H18O4S2/c1-3-19(15,16)11-9-13-7-5-6-8-14(13)10-12-20(17,18)4-2/h3-8H,1-2,9-12H2. The molecule has 0 aliphatic heterocycles. The van der Waals surface area contributed by atoms with Crippen molar-refractivity contribution in [2.45, 2.75) is 12.8 Å². The van der Waals surface area contributed by atoms with E-state index in [1.54, 1.807) is 12.1 Å². The Hall–Kier alpha value is -1.40. The number of hydrogen-bond acceptors (Lipinski definition) is 4. The van der Waals surface area contributed by atoms with Gasteiger partial charge in [-0.15, -0.1) is 0 Å². The van der Waals surface area contributed by atoms with Crippen LogP contribution in [0.2, 0.25) is 0 Å². The van der Waals surface area contributed by atoms with Crippen molar-refractivity contribution in [1.82, 2.24) is 0 Å². The van der Waals surface area contributed by atoms with Gasteiger partial charge in [-0.1, -0.05) is 37.4 Å². The Kier molecular flexibility index (Phi) is 5.71. The Labute approximate surface area is 120 Å². The minimum Gasteiger partial charge on any atom is -0.224 e. The third kappa shape index (κ3) is 5.30. The summed E-state index contributed by atoms with van der Waals surface area (Å²) in [5.41, 5.74) is 1.69. The van der Waals surface area contributed by atoms with E-state index in [1.165, 1.54) is 0 Å². The molecule has 6 heteroatoms. The topological polar surface area (TPSA) is 68.3 Å². The second-order valence-electron chi connectivity index (χ2n) is 4.34. The first-order valence-corrected chi connectivity index (χ1v) is 9.50. The zero-order valence-corrected chi connectivity index (χ0v) is 12.8. The van der Waals surface area contributed by atoms with Crippen LogP contribution in [0.15, 0.2) is 48.2 Å². The first-order valence-electron chi connectivity index (χ1n) is 6.07. The van der Waals surface area contributed by atoms with Gasteiger partial charge in [-0.25, -0.2) is 16.8 Å². The number of aryl methyl sites for hydroxylation is 2. The fraction of sp³-hybridized carbons (Fsp3) is 0.286. The fourth-order valence-electron chi connectivity index (χ4n) is 1.72. The summed E-state index contributed by atoms with van der Waals surface area (Å²) in [6.07, 6.45) is 0.692. The van der Waals surface area contributed by atoms with E-state index in [0.29, 0.717) is 12.8 Å². The van der Waals surface area contributed by atoms with E-state index in [-0.39, 0.29) is 11.5 Å². The number of benzene rings is 1. The summed E-state index contributed by atoms with van der Waals surface area (Å²) in [4.78, 5) is 0. The molecule has 0 fully saturated rings. The highest BCUT2D eigenvalue weighted by Crippen LogP contribution is 2.13. The Balaban J connectivity index is 2.83. The lowest BCUT2D eigenvalue weighted by atomic mass is 10.0. The fourth-order valence-corrected chi connectivity index (χ4v) is 3.06. The van der Waals surface area contributed by atoms with E-state index in [4.69, 9.17) is 0 Å². The number of hydrogen-bond donors (Lipinski definition) is 0. The highest BCUT2D eigenvalue weighted by atomic mass is 32.2. The van der Waals surface area contributed by atoms with Gasteiger partial charge in [0.1, 0.15) is 0 Å². The minimum atomic E-state index is -3.25. The summed E-state index contributed by atoms with van der Waals surface area (Å²) >= 11 is 0. The number of rotatable bonds is 8. The van der Waals surface area contributed by atoms with E-state index < -0.39 is 19.7 Å². The van der Waals surface area contributed by atoms with Gasteiger partial charge < -0.3 is 0 Å². The van der Waals surface area contributed by atoms with Crippen LogP contribution in [0, 0.1) is 0 Å². The van der Waals surface area contributed by atoms with Crippen molar-refractivity contribution in [3.8, 4) is 0 Å². The largest absolute Gasteiger partial charge is 0.224 e. The maximum Gasteiger partial charge on any atom is 0.171 e. The minimum absolute atomic E-state index is 0.0261. The van der Waals surface area contributed by atoms with Gasteiger partial charge in [0, 0.05) is 10.8 Å². The van der Waals surface area contributed by atoms with Crippen LogP contribution in [0.5, 0.6) is 0 Å². The summed E-state index contributed by atoms with van der Waals surface area (Å²) in [5.74, 6) is -0.0521. The van der Waals surface area contributed by atoms with Gasteiger partial charge in [-0.3, -0.25) is 0 Å². The molecule has 20 heavy (non-hydrogen) atoms. The van der Waals surface area contributed by atoms with Crippen LogP contribution in [0.1, 0.15) is 11.1 Å². The summed E-state index contributed by atoms with van der Waals surface area (Å²) in [6.45, 7) is 6.54. The third-order valence-electron chi connectivity index (χ3n) is 2.94. The Bertz CT molecular complexity index is 625. The average Bonchev–Trinajstić information content (AvgIpc) is 2.44. The molecule has 0 heterocycles. The smallest absolute Gasteiger partial charge is 0.171 e. The van der Waals surface area contributed by atoms with Gasteiger partial charge >= 0.3 is 0 Å². The van der Waals surface area contributed by atoms with Gasteiger partial charge in [0.25, 0.3) is 0 Å². The lowest BCUT2D eigenvalue weighted by Gasteiger charge is -2.08. The molecule has 1 rings (SSSR count). The monoisotopic (exact) mass is 314 g/mol. The van der Waals surface area contributed by atoms with Crippen molar-refractivity contribution in [1.29, 1.82) is 0 Å². The molecule has 1 aromatic carbocycles. The molecular weight excluding hydrogens is 296 g/mol. The van der Waals surface area contributed by atoms with Crippen molar-refractivity contribution in [2.75, 3.05) is 11.5 Å². The van der Waals surface area contributed by atoms with E-state index in [9.17, 15) is 16.8 Å². The highest BCUT2D eigenvalue weighted by Gasteiger charge is 2.11. The van der Waals surface area contributed by atoms with E-state index in [2.05, 4.69) is 13.2 Å². The first kappa shape index (κ1) is 16.7. The molecule has 0 bridgehead atoms. The van der Waals surface area contributed by atoms with Crippen molar-refractivity contribution < 1.29 is 16.8 Å². The second kappa shape index (κ2) is 6.85. The molecule has 0 saturated carbocycles. The molecule has 4 nitrogen and oxygen atoms in total.